The molecule has 4 aromatic rings. The Kier molecular flexibility index (Phi) is 7.00. The number of halogens is 1. The number of nitrogens with zero attached hydrogens (tertiary/aromatic N) is 6. The highest BCUT2D eigenvalue weighted by Crippen LogP contribution is 2.43. The zero-order valence-corrected chi connectivity index (χ0v) is 23.7. The Labute approximate surface area is 239 Å². The van der Waals surface area contributed by atoms with Crippen molar-refractivity contribution in [2.75, 3.05) is 26.2 Å². The van der Waals surface area contributed by atoms with E-state index in [0.717, 1.165) is 79.7 Å². The molecule has 1 unspecified atom stereocenters. The molecular formula is C31H39FN8O. The van der Waals surface area contributed by atoms with Crippen LogP contribution in [0.2, 0.25) is 0 Å². The first-order chi connectivity index (χ1) is 20.0. The van der Waals surface area contributed by atoms with Gasteiger partial charge < -0.3 is 15.5 Å². The number of likely N-dealkylation sites (tertiary alicyclic amines) is 2. The van der Waals surface area contributed by atoms with Crippen LogP contribution < -0.4 is 10.5 Å². The van der Waals surface area contributed by atoms with Gasteiger partial charge in [0, 0.05) is 67.7 Å². The van der Waals surface area contributed by atoms with Crippen LogP contribution in [0.5, 0.6) is 5.75 Å². The number of rotatable bonds is 8. The first kappa shape index (κ1) is 26.6. The largest absolute Gasteiger partial charge is 0.490 e. The maximum absolute atomic E-state index is 14.4. The van der Waals surface area contributed by atoms with Crippen molar-refractivity contribution in [3.63, 3.8) is 0 Å². The van der Waals surface area contributed by atoms with Gasteiger partial charge in [-0.15, -0.1) is 0 Å². The van der Waals surface area contributed by atoms with Crippen molar-refractivity contribution in [3.05, 3.63) is 60.6 Å². The zero-order valence-electron chi connectivity index (χ0n) is 23.7. The summed E-state index contributed by atoms with van der Waals surface area (Å²) < 4.78 is 22.8. The smallest absolute Gasteiger partial charge is 0.141 e. The highest BCUT2D eigenvalue weighted by Gasteiger charge is 2.48. The molecule has 2 saturated heterocycles. The van der Waals surface area contributed by atoms with Crippen LogP contribution in [0.25, 0.3) is 22.3 Å². The number of hydrogen-bond donors (Lipinski definition) is 2. The molecule has 1 aromatic carbocycles. The molecule has 10 heteroatoms. The molecule has 1 saturated carbocycles. The third-order valence-electron chi connectivity index (χ3n) is 9.61. The maximum atomic E-state index is 14.4. The fourth-order valence-corrected chi connectivity index (χ4v) is 7.12. The Morgan fingerprint density at radius 3 is 2.76 bits per heavy atom. The van der Waals surface area contributed by atoms with Crippen molar-refractivity contribution in [1.29, 1.82) is 0 Å². The minimum atomic E-state index is -0.214. The van der Waals surface area contributed by atoms with Gasteiger partial charge in [-0.05, 0) is 75.8 Å². The summed E-state index contributed by atoms with van der Waals surface area (Å²) in [6, 6.07) is 8.24. The van der Waals surface area contributed by atoms with Crippen LogP contribution in [0, 0.1) is 5.82 Å². The standard InChI is InChI=1S/C31H39FN8O/c1-21-3-2-8-39(21)17-22-11-24(32)13-27(12-22)41-26-5-9-38(10-6-26)25-14-31(15-25,19-33)40-18-23(16-37-40)29-28-4-7-34-30(28)36-20-35-29/h4,7,11-13,16,18,20-21,25-26H,2-3,5-6,8-10,14-15,17,19,33H2,1H3,(H,34,35,36). The maximum Gasteiger partial charge on any atom is 0.141 e. The first-order valence-electron chi connectivity index (χ1n) is 15.0. The van der Waals surface area contributed by atoms with Crippen LogP contribution in [0.15, 0.2) is 49.2 Å². The molecule has 1 aliphatic carbocycles. The Morgan fingerprint density at radius 2 is 1.98 bits per heavy atom. The lowest BCUT2D eigenvalue weighted by Crippen LogP contribution is -2.61. The van der Waals surface area contributed by atoms with Crippen molar-refractivity contribution in [2.24, 2.45) is 5.73 Å². The lowest BCUT2D eigenvalue weighted by atomic mass is 9.71. The summed E-state index contributed by atoms with van der Waals surface area (Å²) >= 11 is 0. The number of H-pyrrole nitrogens is 1. The molecule has 41 heavy (non-hydrogen) atoms. The molecule has 9 nitrogen and oxygen atoms in total. The summed E-state index contributed by atoms with van der Waals surface area (Å²) in [6.45, 7) is 6.61. The Bertz CT molecular complexity index is 1500. The monoisotopic (exact) mass is 558 g/mol. The minimum Gasteiger partial charge on any atom is -0.490 e. The molecule has 0 bridgehead atoms. The minimum absolute atomic E-state index is 0.109. The molecule has 2 aliphatic heterocycles. The van der Waals surface area contributed by atoms with Crippen molar-refractivity contribution in [3.8, 4) is 17.0 Å². The highest BCUT2D eigenvalue weighted by molar-refractivity contribution is 5.90. The van der Waals surface area contributed by atoms with Crippen molar-refractivity contribution < 1.29 is 9.13 Å². The van der Waals surface area contributed by atoms with Crippen LogP contribution in [0.4, 0.5) is 4.39 Å². The van der Waals surface area contributed by atoms with E-state index in [-0.39, 0.29) is 17.5 Å². The van der Waals surface area contributed by atoms with E-state index in [1.807, 2.05) is 24.5 Å². The third-order valence-corrected chi connectivity index (χ3v) is 9.61. The summed E-state index contributed by atoms with van der Waals surface area (Å²) in [6.07, 6.45) is 13.8. The van der Waals surface area contributed by atoms with Crippen LogP contribution in [-0.4, -0.2) is 78.9 Å². The van der Waals surface area contributed by atoms with Crippen LogP contribution >= 0.6 is 0 Å². The molecule has 1 atom stereocenters. The average molecular weight is 559 g/mol. The van der Waals surface area contributed by atoms with Gasteiger partial charge in [0.2, 0.25) is 0 Å². The van der Waals surface area contributed by atoms with E-state index in [1.54, 1.807) is 12.4 Å². The Morgan fingerprint density at radius 1 is 1.12 bits per heavy atom. The predicted octanol–water partition coefficient (Wildman–Crippen LogP) is 4.30. The zero-order chi connectivity index (χ0) is 28.0. The summed E-state index contributed by atoms with van der Waals surface area (Å²) in [4.78, 5) is 17.0. The SMILES string of the molecule is CC1CCCN1Cc1cc(F)cc(OC2CCN(C3CC(CN)(n4cc(-c5ncnc6[nH]ccc56)cn4)C3)CC2)c1. The second kappa shape index (κ2) is 10.8. The summed E-state index contributed by atoms with van der Waals surface area (Å²) in [5.74, 6) is 0.444. The van der Waals surface area contributed by atoms with E-state index in [9.17, 15) is 4.39 Å². The lowest BCUT2D eigenvalue weighted by Gasteiger charge is -2.52. The van der Waals surface area contributed by atoms with Gasteiger partial charge in [-0.3, -0.25) is 14.5 Å². The second-order valence-corrected chi connectivity index (χ2v) is 12.2. The number of hydrogen-bond acceptors (Lipinski definition) is 7. The molecule has 216 valence electrons. The quantitative estimate of drug-likeness (QED) is 0.333. The molecule has 0 radical (unpaired) electrons. The molecule has 3 aromatic heterocycles. The molecule has 0 amide bonds. The summed E-state index contributed by atoms with van der Waals surface area (Å²) in [7, 11) is 0. The number of ether oxygens (including phenoxy) is 1. The van der Waals surface area contributed by atoms with Crippen molar-refractivity contribution in [2.45, 2.75) is 75.7 Å². The van der Waals surface area contributed by atoms with Crippen LogP contribution in [-0.2, 0) is 12.1 Å². The number of nitrogens with two attached hydrogens (primary N) is 1. The number of piperidine rings is 1. The van der Waals surface area contributed by atoms with Gasteiger partial charge in [0.1, 0.15) is 29.6 Å². The van der Waals surface area contributed by atoms with Gasteiger partial charge in [-0.25, -0.2) is 14.4 Å². The fraction of sp³-hybridized carbons (Fsp3) is 0.516. The van der Waals surface area contributed by atoms with Crippen molar-refractivity contribution >= 4 is 11.0 Å². The van der Waals surface area contributed by atoms with Gasteiger partial charge in [0.15, 0.2) is 0 Å². The Balaban J connectivity index is 0.949. The number of aromatic nitrogens is 5. The van der Waals surface area contributed by atoms with Crippen LogP contribution in [0.1, 0.15) is 51.0 Å². The number of aromatic amines is 1. The van der Waals surface area contributed by atoms with E-state index < -0.39 is 0 Å². The first-order valence-corrected chi connectivity index (χ1v) is 15.0. The summed E-state index contributed by atoms with van der Waals surface area (Å²) in [5.41, 5.74) is 9.84. The van der Waals surface area contributed by atoms with Gasteiger partial charge in [-0.2, -0.15) is 5.10 Å². The highest BCUT2D eigenvalue weighted by atomic mass is 19.1. The van der Waals surface area contributed by atoms with E-state index in [4.69, 9.17) is 15.6 Å². The normalized spacial score (nSPS) is 26.0. The molecule has 5 heterocycles. The number of benzene rings is 1. The molecule has 7 rings (SSSR count). The third kappa shape index (κ3) is 5.13. The second-order valence-electron chi connectivity index (χ2n) is 12.2. The molecule has 3 fully saturated rings. The predicted molar refractivity (Wildman–Crippen MR) is 156 cm³/mol. The molecule has 3 aliphatic rings. The molecule has 3 N–H and O–H groups in total. The number of nitrogens with one attached hydrogen (secondary N) is 1. The van der Waals surface area contributed by atoms with Gasteiger partial charge in [-0.1, -0.05) is 0 Å². The van der Waals surface area contributed by atoms with E-state index in [2.05, 4.69) is 42.6 Å². The van der Waals surface area contributed by atoms with Gasteiger partial charge >= 0.3 is 0 Å². The summed E-state index contributed by atoms with van der Waals surface area (Å²) in [5, 5.41) is 5.72. The topological polar surface area (TPSA) is 101 Å². The average Bonchev–Trinajstić information content (AvgIpc) is 3.71. The van der Waals surface area contributed by atoms with E-state index >= 15 is 0 Å². The van der Waals surface area contributed by atoms with E-state index in [1.165, 1.54) is 18.9 Å². The Hall–Kier alpha value is -3.34. The van der Waals surface area contributed by atoms with Crippen LogP contribution in [0.3, 0.4) is 0 Å². The fourth-order valence-electron chi connectivity index (χ4n) is 7.12. The van der Waals surface area contributed by atoms with E-state index in [0.29, 0.717) is 24.4 Å². The van der Waals surface area contributed by atoms with Gasteiger partial charge in [0.05, 0.1) is 17.4 Å². The number of fused-ring (bicyclic) bond motifs is 1. The molecule has 0 spiro atoms. The molecular weight excluding hydrogens is 519 g/mol. The lowest BCUT2D eigenvalue weighted by molar-refractivity contribution is -0.0185. The van der Waals surface area contributed by atoms with Gasteiger partial charge in [0.25, 0.3) is 0 Å². The van der Waals surface area contributed by atoms with Crippen molar-refractivity contribution in [1.82, 2.24) is 34.5 Å².